The van der Waals surface area contributed by atoms with Crippen molar-refractivity contribution in [1.29, 1.82) is 5.26 Å². The first-order valence-electron chi connectivity index (χ1n) is 19.3. The zero-order valence-electron chi connectivity index (χ0n) is 33.1. The number of carbonyl (C=O) groups excluding carboxylic acids is 2. The number of hydrazone groups is 1. The number of nitrogens with one attached hydrogen (secondary N) is 2. The van der Waals surface area contributed by atoms with Gasteiger partial charge < -0.3 is 20.4 Å². The van der Waals surface area contributed by atoms with Gasteiger partial charge in [0.25, 0.3) is 0 Å². The first-order chi connectivity index (χ1) is 27.6. The van der Waals surface area contributed by atoms with Gasteiger partial charge in [-0.15, -0.1) is 0 Å². The van der Waals surface area contributed by atoms with E-state index in [-0.39, 0.29) is 46.9 Å². The number of hydrogen-bond donors (Lipinski definition) is 2. The number of aryl methyl sites for hydroxylation is 1. The number of amidine groups is 1. The molecule has 2 fully saturated rings. The van der Waals surface area contributed by atoms with Gasteiger partial charge in [-0.05, 0) is 94.3 Å². The third kappa shape index (κ3) is 8.53. The number of hydrogen-bond acceptors (Lipinski definition) is 9. The van der Waals surface area contributed by atoms with Crippen molar-refractivity contribution in [1.82, 2.24) is 30.1 Å². The molecule has 1 aromatic heterocycles. The van der Waals surface area contributed by atoms with E-state index in [0.717, 1.165) is 72.2 Å². The number of nitrogens with zero attached hydrogens (tertiary/aromatic N) is 8. The van der Waals surface area contributed by atoms with Crippen LogP contribution in [0.15, 0.2) is 82.5 Å². The molecule has 2 amide bonds. The number of carbonyl (C=O) groups is 2. The normalized spacial score (nSPS) is 19.9. The van der Waals surface area contributed by atoms with Crippen LogP contribution in [0.1, 0.15) is 68.8 Å². The maximum absolute atomic E-state index is 13.9. The summed E-state index contributed by atoms with van der Waals surface area (Å²) in [6, 6.07) is 6.82. The van der Waals surface area contributed by atoms with Crippen molar-refractivity contribution < 1.29 is 22.8 Å². The van der Waals surface area contributed by atoms with Crippen molar-refractivity contribution in [3.8, 4) is 6.07 Å². The second-order valence-corrected chi connectivity index (χ2v) is 15.8. The number of amides is 2. The lowest BCUT2D eigenvalue weighted by Gasteiger charge is -2.44. The molecule has 1 saturated carbocycles. The van der Waals surface area contributed by atoms with E-state index in [4.69, 9.17) is 16.7 Å². The summed E-state index contributed by atoms with van der Waals surface area (Å²) < 4.78 is 40.1. The third-order valence-corrected chi connectivity index (χ3v) is 12.1. The number of aromatic nitrogens is 2. The predicted octanol–water partition coefficient (Wildman–Crippen LogP) is 7.34. The van der Waals surface area contributed by atoms with E-state index in [0.29, 0.717) is 50.2 Å². The molecule has 2 N–H and O–H groups in total. The number of likely N-dealkylation sites (tertiary alicyclic amines) is 1. The molecule has 306 valence electrons. The van der Waals surface area contributed by atoms with Crippen molar-refractivity contribution in [2.45, 2.75) is 65.0 Å². The summed E-state index contributed by atoms with van der Waals surface area (Å²) in [6.45, 7) is 18.4. The lowest BCUT2D eigenvalue weighted by atomic mass is 9.71. The maximum atomic E-state index is 13.9. The number of aliphatic imine (C=N–C) groups is 1. The van der Waals surface area contributed by atoms with Crippen molar-refractivity contribution in [3.05, 3.63) is 94.3 Å². The molecule has 16 heteroatoms. The van der Waals surface area contributed by atoms with Crippen molar-refractivity contribution in [2.24, 2.45) is 26.8 Å². The quantitative estimate of drug-likeness (QED) is 0.129. The molecule has 3 heterocycles. The molecule has 0 bridgehead atoms. The van der Waals surface area contributed by atoms with E-state index in [1.165, 1.54) is 11.3 Å². The fraction of sp³-hybridized carbons (Fsp3) is 0.452. The summed E-state index contributed by atoms with van der Waals surface area (Å²) >= 11 is 6.23. The minimum Gasteiger partial charge on any atom is -0.391 e. The molecule has 6 rings (SSSR count). The maximum Gasteiger partial charge on any atom is 0.416 e. The molecule has 1 saturated heterocycles. The van der Waals surface area contributed by atoms with Crippen LogP contribution in [0.25, 0.3) is 5.70 Å². The number of halogens is 4. The van der Waals surface area contributed by atoms with Crippen LogP contribution in [0.4, 0.5) is 18.9 Å². The lowest BCUT2D eigenvalue weighted by molar-refractivity contribution is -0.137. The van der Waals surface area contributed by atoms with Crippen LogP contribution in [0.5, 0.6) is 0 Å². The van der Waals surface area contributed by atoms with E-state index in [2.05, 4.69) is 63.4 Å². The first kappa shape index (κ1) is 42.1. The number of benzene rings is 1. The topological polar surface area (TPSA) is 142 Å². The summed E-state index contributed by atoms with van der Waals surface area (Å²) in [6.07, 6.45) is 3.44. The van der Waals surface area contributed by atoms with Crippen LogP contribution in [0.3, 0.4) is 0 Å². The van der Waals surface area contributed by atoms with Crippen LogP contribution >= 0.6 is 11.6 Å². The number of anilines is 1. The van der Waals surface area contributed by atoms with Crippen molar-refractivity contribution in [2.75, 3.05) is 45.1 Å². The fourth-order valence-electron chi connectivity index (χ4n) is 8.35. The highest BCUT2D eigenvalue weighted by Crippen LogP contribution is 2.56. The van der Waals surface area contributed by atoms with Gasteiger partial charge >= 0.3 is 6.18 Å². The molecule has 0 radical (unpaired) electrons. The SMILES string of the molecule is C=N/C(=N\N(CC(=O)Nc1ccc(C(F)(F)F)cc1Cl)C(=C)C1=C(NC)[C@@H](CC)CC12CCN(C(=C)c1cc(C)ncn1)CC2)C1=CCN(C(=O)C2(C#N)CC2)CC1. The van der Waals surface area contributed by atoms with E-state index in [1.807, 2.05) is 26.1 Å². The number of allylic oxidation sites excluding steroid dienone is 2. The molecule has 0 unspecified atom stereocenters. The second kappa shape index (κ2) is 16.8. The molecule has 1 aromatic carbocycles. The fourth-order valence-corrected chi connectivity index (χ4v) is 8.57. The second-order valence-electron chi connectivity index (χ2n) is 15.4. The molecule has 1 atom stereocenters. The summed E-state index contributed by atoms with van der Waals surface area (Å²) in [5, 5.41) is 21.8. The molecule has 2 aromatic rings. The molecular formula is C42H48ClF3N10O2. The zero-order valence-corrected chi connectivity index (χ0v) is 33.8. The Hall–Kier alpha value is -5.49. The van der Waals surface area contributed by atoms with Crippen molar-refractivity contribution in [3.63, 3.8) is 0 Å². The van der Waals surface area contributed by atoms with Gasteiger partial charge in [0.1, 0.15) is 18.3 Å². The zero-order chi connectivity index (χ0) is 42.0. The molecular weight excluding hydrogens is 769 g/mol. The summed E-state index contributed by atoms with van der Waals surface area (Å²) in [5.41, 5.74) is 3.32. The smallest absolute Gasteiger partial charge is 0.391 e. The van der Waals surface area contributed by atoms with Crippen LogP contribution in [-0.4, -0.2) is 88.9 Å². The highest BCUT2D eigenvalue weighted by molar-refractivity contribution is 6.33. The van der Waals surface area contributed by atoms with Gasteiger partial charge in [0.05, 0.1) is 39.4 Å². The van der Waals surface area contributed by atoms with E-state index < -0.39 is 23.1 Å². The molecule has 58 heavy (non-hydrogen) atoms. The average molecular weight is 817 g/mol. The monoisotopic (exact) mass is 816 g/mol. The lowest BCUT2D eigenvalue weighted by Crippen LogP contribution is -2.41. The number of alkyl halides is 3. The summed E-state index contributed by atoms with van der Waals surface area (Å²) in [4.78, 5) is 43.8. The van der Waals surface area contributed by atoms with E-state index in [9.17, 15) is 28.0 Å². The van der Waals surface area contributed by atoms with E-state index in [1.54, 1.807) is 4.90 Å². The van der Waals surface area contributed by atoms with Gasteiger partial charge in [-0.3, -0.25) is 14.6 Å². The minimum absolute atomic E-state index is 0.00632. The van der Waals surface area contributed by atoms with Gasteiger partial charge in [-0.1, -0.05) is 37.8 Å². The minimum atomic E-state index is -4.61. The Bertz CT molecular complexity index is 2140. The third-order valence-electron chi connectivity index (χ3n) is 11.8. The Balaban J connectivity index is 1.32. The standard InChI is InChI=1S/C42H48ClF3N10O2/c1-7-29-22-40(14-18-54(19-15-40)27(3)34-20-26(2)50-25-51-34)36(37(29)48-5)28(4)56(23-35(57)52-33-9-8-31(21-32(33)43)42(44,45)46)53-38(49-6)30-10-16-55(17-11-30)39(58)41(24-47)12-13-41/h8-10,20-21,25,29,48H,3-4,6-7,11-19,22-23H2,1-2,5H3,(H,52,57)/b53-38-/t29-/m0/s1. The summed E-state index contributed by atoms with van der Waals surface area (Å²) in [5.74, 6) is -0.389. The number of nitriles is 1. The molecule has 12 nitrogen and oxygen atoms in total. The molecule has 4 aliphatic rings. The molecule has 1 spiro atoms. The van der Waals surface area contributed by atoms with Crippen LogP contribution in [-0.2, 0) is 15.8 Å². The average Bonchev–Trinajstić information content (AvgIpc) is 3.96. The van der Waals surface area contributed by atoms with Crippen LogP contribution < -0.4 is 10.6 Å². The van der Waals surface area contributed by atoms with Crippen molar-refractivity contribution >= 4 is 47.4 Å². The summed E-state index contributed by atoms with van der Waals surface area (Å²) in [7, 11) is 1.88. The Morgan fingerprint density at radius 2 is 1.84 bits per heavy atom. The molecule has 2 aliphatic carbocycles. The van der Waals surface area contributed by atoms with Crippen LogP contribution in [0, 0.1) is 35.0 Å². The van der Waals surface area contributed by atoms with Gasteiger partial charge in [-0.25, -0.2) is 15.0 Å². The highest BCUT2D eigenvalue weighted by atomic mass is 35.5. The number of piperidine rings is 1. The Morgan fingerprint density at radius 1 is 1.12 bits per heavy atom. The van der Waals surface area contributed by atoms with Gasteiger partial charge in [0.2, 0.25) is 11.8 Å². The Labute approximate surface area is 341 Å². The first-order valence-corrected chi connectivity index (χ1v) is 19.7. The van der Waals surface area contributed by atoms with Crippen LogP contribution in [0.2, 0.25) is 5.02 Å². The largest absolute Gasteiger partial charge is 0.416 e. The highest BCUT2D eigenvalue weighted by Gasteiger charge is 2.53. The Kier molecular flexibility index (Phi) is 12.2. The number of rotatable bonds is 12. The Morgan fingerprint density at radius 3 is 2.40 bits per heavy atom. The van der Waals surface area contributed by atoms with Gasteiger partial charge in [-0.2, -0.15) is 23.5 Å². The predicted molar refractivity (Wildman–Crippen MR) is 218 cm³/mol. The van der Waals surface area contributed by atoms with Gasteiger partial charge in [0.15, 0.2) is 5.84 Å². The molecule has 2 aliphatic heterocycles. The van der Waals surface area contributed by atoms with E-state index >= 15 is 0 Å². The van der Waals surface area contributed by atoms with Gasteiger partial charge in [0, 0.05) is 55.6 Å².